The van der Waals surface area contributed by atoms with Gasteiger partial charge < -0.3 is 10.0 Å². The van der Waals surface area contributed by atoms with Crippen molar-refractivity contribution in [2.75, 3.05) is 6.54 Å². The number of carbonyl (C=O) groups excluding carboxylic acids is 1. The Kier molecular flexibility index (Phi) is 4.81. The van der Waals surface area contributed by atoms with Crippen molar-refractivity contribution in [3.8, 4) is 0 Å². The first-order valence-corrected chi connectivity index (χ1v) is 7.55. The molecule has 0 spiro atoms. The Morgan fingerprint density at radius 2 is 2.10 bits per heavy atom. The van der Waals surface area contributed by atoms with E-state index in [9.17, 15) is 14.7 Å². The van der Waals surface area contributed by atoms with Crippen molar-refractivity contribution in [2.45, 2.75) is 32.2 Å². The lowest BCUT2D eigenvalue weighted by atomic mass is 9.90. The third-order valence-corrected chi connectivity index (χ3v) is 4.70. The Balaban J connectivity index is 2.09. The minimum absolute atomic E-state index is 0.00431. The smallest absolute Gasteiger partial charge is 0.308 e. The molecule has 1 fully saturated rings. The molecule has 1 N–H and O–H groups in total. The Morgan fingerprint density at radius 1 is 1.40 bits per heavy atom. The molecule has 108 valence electrons. The van der Waals surface area contributed by atoms with Crippen molar-refractivity contribution in [1.82, 2.24) is 4.90 Å². The Labute approximate surface area is 126 Å². The maximum absolute atomic E-state index is 12.4. The number of aliphatic carboxylic acids is 1. The third-order valence-electron chi connectivity index (χ3n) is 3.93. The highest BCUT2D eigenvalue weighted by molar-refractivity contribution is 9.10. The van der Waals surface area contributed by atoms with Crippen LogP contribution < -0.4 is 0 Å². The molecule has 0 aliphatic carbocycles. The fourth-order valence-corrected chi connectivity index (χ4v) is 3.16. The minimum Gasteiger partial charge on any atom is -0.481 e. The van der Waals surface area contributed by atoms with E-state index < -0.39 is 11.9 Å². The van der Waals surface area contributed by atoms with Crippen molar-refractivity contribution in [2.24, 2.45) is 5.92 Å². The van der Waals surface area contributed by atoms with Crippen molar-refractivity contribution in [3.63, 3.8) is 0 Å². The van der Waals surface area contributed by atoms with Gasteiger partial charge in [0.25, 0.3) is 0 Å². The van der Waals surface area contributed by atoms with Crippen LogP contribution in [0.4, 0.5) is 0 Å². The highest BCUT2D eigenvalue weighted by Crippen LogP contribution is 2.25. The van der Waals surface area contributed by atoms with E-state index in [1.807, 2.05) is 31.2 Å². The van der Waals surface area contributed by atoms with E-state index in [4.69, 9.17) is 0 Å². The summed E-state index contributed by atoms with van der Waals surface area (Å²) < 4.78 is 0.910. The predicted octanol–water partition coefficient (Wildman–Crippen LogP) is 2.70. The van der Waals surface area contributed by atoms with E-state index in [0.717, 1.165) is 16.5 Å². The summed E-state index contributed by atoms with van der Waals surface area (Å²) in [5.41, 5.74) is 0.933. The van der Waals surface area contributed by atoms with E-state index in [1.165, 1.54) is 0 Å². The Morgan fingerprint density at radius 3 is 2.75 bits per heavy atom. The fourth-order valence-electron chi connectivity index (χ4n) is 2.73. The van der Waals surface area contributed by atoms with Gasteiger partial charge in [-0.05, 0) is 31.4 Å². The van der Waals surface area contributed by atoms with Crippen LogP contribution in [0.1, 0.15) is 25.3 Å². The summed E-state index contributed by atoms with van der Waals surface area (Å²) in [5.74, 6) is -1.27. The van der Waals surface area contributed by atoms with Gasteiger partial charge in [-0.3, -0.25) is 9.59 Å². The first-order valence-electron chi connectivity index (χ1n) is 6.76. The van der Waals surface area contributed by atoms with Gasteiger partial charge in [-0.25, -0.2) is 0 Å². The summed E-state index contributed by atoms with van der Waals surface area (Å²) in [7, 11) is 0. The molecule has 0 radical (unpaired) electrons. The molecule has 20 heavy (non-hydrogen) atoms. The molecule has 1 amide bonds. The quantitative estimate of drug-likeness (QED) is 0.920. The van der Waals surface area contributed by atoms with E-state index in [1.54, 1.807) is 4.90 Å². The zero-order valence-electron chi connectivity index (χ0n) is 11.4. The van der Waals surface area contributed by atoms with Crippen molar-refractivity contribution >= 4 is 27.8 Å². The van der Waals surface area contributed by atoms with E-state index in [0.29, 0.717) is 19.4 Å². The number of carboxylic acids is 1. The summed E-state index contributed by atoms with van der Waals surface area (Å²) in [6.45, 7) is 2.48. The molecule has 1 aliphatic heterocycles. The lowest BCUT2D eigenvalue weighted by Gasteiger charge is -2.37. The number of benzene rings is 1. The number of halogens is 1. The SMILES string of the molecule is C[C@@H]1[C@H](C(=O)O)CCCN1C(=O)Cc1ccccc1Br. The Hall–Kier alpha value is -1.36. The maximum atomic E-state index is 12.4. The van der Waals surface area contributed by atoms with Crippen LogP contribution in [0.3, 0.4) is 0 Å². The van der Waals surface area contributed by atoms with Crippen molar-refractivity contribution in [1.29, 1.82) is 0 Å². The molecule has 1 aromatic rings. The van der Waals surface area contributed by atoms with E-state index in [2.05, 4.69) is 15.9 Å². The standard InChI is InChI=1S/C15H18BrNO3/c1-10-12(15(19)20)6-4-8-17(10)14(18)9-11-5-2-3-7-13(11)16/h2-3,5,7,10,12H,4,6,8-9H2,1H3,(H,19,20)/t10-,12-/m1/s1. The van der Waals surface area contributed by atoms with E-state index >= 15 is 0 Å². The first-order chi connectivity index (χ1) is 9.50. The summed E-state index contributed by atoms with van der Waals surface area (Å²) in [4.78, 5) is 25.3. The molecule has 2 atom stereocenters. The second-order valence-electron chi connectivity index (χ2n) is 5.18. The second-order valence-corrected chi connectivity index (χ2v) is 6.04. The van der Waals surface area contributed by atoms with Crippen molar-refractivity contribution < 1.29 is 14.7 Å². The highest BCUT2D eigenvalue weighted by atomic mass is 79.9. The summed E-state index contributed by atoms with van der Waals surface area (Å²) >= 11 is 3.43. The van der Waals surface area contributed by atoms with Crippen LogP contribution in [-0.2, 0) is 16.0 Å². The molecular weight excluding hydrogens is 322 g/mol. The second kappa shape index (κ2) is 6.39. The van der Waals surface area contributed by atoms with Crippen LogP contribution in [0.2, 0.25) is 0 Å². The highest BCUT2D eigenvalue weighted by Gasteiger charge is 2.35. The average Bonchev–Trinajstić information content (AvgIpc) is 2.41. The van der Waals surface area contributed by atoms with Gasteiger partial charge in [0.05, 0.1) is 12.3 Å². The molecule has 0 aromatic heterocycles. The molecule has 0 unspecified atom stereocenters. The predicted molar refractivity (Wildman–Crippen MR) is 79.4 cm³/mol. The lowest BCUT2D eigenvalue weighted by molar-refractivity contribution is -0.148. The number of carboxylic acid groups (broad SMARTS) is 1. The monoisotopic (exact) mass is 339 g/mol. The Bertz CT molecular complexity index is 518. The third kappa shape index (κ3) is 3.20. The lowest BCUT2D eigenvalue weighted by Crippen LogP contribution is -2.49. The molecule has 1 aromatic carbocycles. The zero-order chi connectivity index (χ0) is 14.7. The van der Waals surface area contributed by atoms with Gasteiger partial charge in [-0.1, -0.05) is 34.1 Å². The summed E-state index contributed by atoms with van der Waals surface area (Å²) in [6, 6.07) is 7.37. The topological polar surface area (TPSA) is 57.6 Å². The largest absolute Gasteiger partial charge is 0.481 e. The molecule has 1 heterocycles. The number of hydrogen-bond donors (Lipinski definition) is 1. The van der Waals surface area contributed by atoms with Crippen LogP contribution in [0.15, 0.2) is 28.7 Å². The van der Waals surface area contributed by atoms with Crippen LogP contribution in [0, 0.1) is 5.92 Å². The summed E-state index contributed by atoms with van der Waals surface area (Å²) in [5, 5.41) is 9.20. The van der Waals surface area contributed by atoms with Gasteiger partial charge in [-0.2, -0.15) is 0 Å². The molecule has 0 saturated carbocycles. The molecule has 1 saturated heterocycles. The normalized spacial score (nSPS) is 22.6. The molecule has 5 heteroatoms. The molecule has 2 rings (SSSR count). The van der Waals surface area contributed by atoms with Crippen LogP contribution in [-0.4, -0.2) is 34.5 Å². The van der Waals surface area contributed by atoms with Gasteiger partial charge in [0.1, 0.15) is 0 Å². The van der Waals surface area contributed by atoms with Crippen LogP contribution in [0.25, 0.3) is 0 Å². The number of amides is 1. The van der Waals surface area contributed by atoms with Gasteiger partial charge >= 0.3 is 5.97 Å². The van der Waals surface area contributed by atoms with Crippen LogP contribution >= 0.6 is 15.9 Å². The van der Waals surface area contributed by atoms with Crippen LogP contribution in [0.5, 0.6) is 0 Å². The number of carbonyl (C=O) groups is 2. The average molecular weight is 340 g/mol. The number of nitrogens with zero attached hydrogens (tertiary/aromatic N) is 1. The zero-order valence-corrected chi connectivity index (χ0v) is 13.0. The summed E-state index contributed by atoms with van der Waals surface area (Å²) in [6.07, 6.45) is 1.70. The van der Waals surface area contributed by atoms with Gasteiger partial charge in [0, 0.05) is 17.1 Å². The maximum Gasteiger partial charge on any atom is 0.308 e. The molecule has 0 bridgehead atoms. The van der Waals surface area contributed by atoms with Gasteiger partial charge in [0.15, 0.2) is 0 Å². The molecule has 1 aliphatic rings. The van der Waals surface area contributed by atoms with Gasteiger partial charge in [0.2, 0.25) is 5.91 Å². The number of piperidine rings is 1. The number of likely N-dealkylation sites (tertiary alicyclic amines) is 1. The van der Waals surface area contributed by atoms with E-state index in [-0.39, 0.29) is 11.9 Å². The minimum atomic E-state index is -0.809. The first kappa shape index (κ1) is 15.0. The van der Waals surface area contributed by atoms with Gasteiger partial charge in [-0.15, -0.1) is 0 Å². The molecule has 4 nitrogen and oxygen atoms in total. The fraction of sp³-hybridized carbons (Fsp3) is 0.467. The number of rotatable bonds is 3. The molecular formula is C15H18BrNO3. The van der Waals surface area contributed by atoms with Crippen molar-refractivity contribution in [3.05, 3.63) is 34.3 Å². The number of hydrogen-bond acceptors (Lipinski definition) is 2.